The molecular weight excluding hydrogens is 254 g/mol. The first kappa shape index (κ1) is 12.9. The normalized spacial score (nSPS) is 12.6. The highest BCUT2D eigenvalue weighted by molar-refractivity contribution is 5.78. The van der Waals surface area contributed by atoms with Crippen molar-refractivity contribution in [3.05, 3.63) is 45.7 Å². The molecule has 1 heterocycles. The van der Waals surface area contributed by atoms with Crippen LogP contribution in [0.4, 0.5) is 0 Å². The van der Waals surface area contributed by atoms with Crippen molar-refractivity contribution in [2.75, 3.05) is 20.6 Å². The Morgan fingerprint density at radius 1 is 1.35 bits per heavy atom. The SMILES string of the molecule is CN(C)CCn1nc2c(cc1=O)Cc1cccc(O)c1-2. The van der Waals surface area contributed by atoms with Crippen LogP contribution in [-0.2, 0) is 13.0 Å². The molecule has 5 heteroatoms. The molecule has 1 aliphatic rings. The third kappa shape index (κ3) is 2.10. The summed E-state index contributed by atoms with van der Waals surface area (Å²) in [5.74, 6) is 0.228. The lowest BCUT2D eigenvalue weighted by molar-refractivity contribution is 0.368. The fourth-order valence-corrected chi connectivity index (χ4v) is 2.54. The van der Waals surface area contributed by atoms with Crippen LogP contribution in [0, 0.1) is 0 Å². The van der Waals surface area contributed by atoms with E-state index in [1.807, 2.05) is 31.1 Å². The molecular formula is C15H17N3O2. The van der Waals surface area contributed by atoms with E-state index in [1.54, 1.807) is 12.1 Å². The maximum atomic E-state index is 12.0. The van der Waals surface area contributed by atoms with Crippen molar-refractivity contribution in [2.24, 2.45) is 0 Å². The summed E-state index contributed by atoms with van der Waals surface area (Å²) in [5, 5.41) is 14.5. The lowest BCUT2D eigenvalue weighted by Gasteiger charge is -2.11. The third-order valence-corrected chi connectivity index (χ3v) is 3.58. The second-order valence-corrected chi connectivity index (χ2v) is 5.37. The van der Waals surface area contributed by atoms with Gasteiger partial charge in [-0.1, -0.05) is 12.1 Å². The van der Waals surface area contributed by atoms with E-state index >= 15 is 0 Å². The molecule has 104 valence electrons. The molecule has 1 aromatic heterocycles. The van der Waals surface area contributed by atoms with Crippen LogP contribution in [0.1, 0.15) is 11.1 Å². The maximum absolute atomic E-state index is 12.0. The molecule has 20 heavy (non-hydrogen) atoms. The van der Waals surface area contributed by atoms with Crippen molar-refractivity contribution >= 4 is 0 Å². The topological polar surface area (TPSA) is 58.4 Å². The highest BCUT2D eigenvalue weighted by atomic mass is 16.3. The van der Waals surface area contributed by atoms with Crippen LogP contribution in [0.3, 0.4) is 0 Å². The van der Waals surface area contributed by atoms with Gasteiger partial charge >= 0.3 is 0 Å². The molecule has 1 aliphatic carbocycles. The van der Waals surface area contributed by atoms with Crippen molar-refractivity contribution in [3.63, 3.8) is 0 Å². The standard InChI is InChI=1S/C15H17N3O2/c1-17(2)6-7-18-13(20)9-11-8-10-4-3-5-12(19)14(10)15(11)16-18/h3-5,9,19H,6-8H2,1-2H3. The third-order valence-electron chi connectivity index (χ3n) is 3.58. The van der Waals surface area contributed by atoms with Gasteiger partial charge in [-0.25, -0.2) is 4.68 Å². The highest BCUT2D eigenvalue weighted by Gasteiger charge is 2.24. The van der Waals surface area contributed by atoms with Crippen molar-refractivity contribution < 1.29 is 5.11 Å². The van der Waals surface area contributed by atoms with Crippen molar-refractivity contribution in [2.45, 2.75) is 13.0 Å². The molecule has 0 atom stereocenters. The summed E-state index contributed by atoms with van der Waals surface area (Å²) < 4.78 is 1.47. The van der Waals surface area contributed by atoms with Crippen LogP contribution in [0.2, 0.25) is 0 Å². The van der Waals surface area contributed by atoms with Gasteiger partial charge in [0.25, 0.3) is 5.56 Å². The molecule has 5 nitrogen and oxygen atoms in total. The fourth-order valence-electron chi connectivity index (χ4n) is 2.54. The first-order valence-corrected chi connectivity index (χ1v) is 6.63. The summed E-state index contributed by atoms with van der Waals surface area (Å²) in [6.45, 7) is 1.29. The van der Waals surface area contributed by atoms with Gasteiger partial charge in [0.1, 0.15) is 5.75 Å². The molecule has 0 aliphatic heterocycles. The molecule has 0 fully saturated rings. The van der Waals surface area contributed by atoms with Crippen molar-refractivity contribution in [1.82, 2.24) is 14.7 Å². The minimum atomic E-state index is -0.0853. The van der Waals surface area contributed by atoms with Gasteiger partial charge in [0.05, 0.1) is 12.2 Å². The van der Waals surface area contributed by atoms with Crippen LogP contribution in [0.15, 0.2) is 29.1 Å². The Hall–Kier alpha value is -2.14. The van der Waals surface area contributed by atoms with E-state index in [0.717, 1.165) is 28.9 Å². The van der Waals surface area contributed by atoms with Gasteiger partial charge in [-0.05, 0) is 31.3 Å². The Balaban J connectivity index is 2.07. The Morgan fingerprint density at radius 3 is 2.90 bits per heavy atom. The minimum Gasteiger partial charge on any atom is -0.507 e. The number of hydrogen-bond donors (Lipinski definition) is 1. The molecule has 1 N–H and O–H groups in total. The number of aromatic hydroxyl groups is 1. The number of fused-ring (bicyclic) bond motifs is 3. The molecule has 1 aromatic carbocycles. The van der Waals surface area contributed by atoms with Crippen LogP contribution >= 0.6 is 0 Å². The summed E-state index contributed by atoms with van der Waals surface area (Å²) >= 11 is 0. The monoisotopic (exact) mass is 271 g/mol. The number of phenols is 1. The Kier molecular flexibility index (Phi) is 3.06. The zero-order chi connectivity index (χ0) is 14.3. The highest BCUT2D eigenvalue weighted by Crippen LogP contribution is 2.39. The van der Waals surface area contributed by atoms with E-state index in [4.69, 9.17) is 0 Å². The smallest absolute Gasteiger partial charge is 0.267 e. The van der Waals surface area contributed by atoms with Crippen LogP contribution in [0.5, 0.6) is 5.75 Å². The molecule has 3 rings (SSSR count). The predicted octanol–water partition coefficient (Wildman–Crippen LogP) is 1.08. The van der Waals surface area contributed by atoms with Crippen LogP contribution < -0.4 is 5.56 Å². The largest absolute Gasteiger partial charge is 0.507 e. The molecule has 0 saturated heterocycles. The van der Waals surface area contributed by atoms with E-state index in [9.17, 15) is 9.90 Å². The molecule has 0 radical (unpaired) electrons. The molecule has 0 spiro atoms. The summed E-state index contributed by atoms with van der Waals surface area (Å²) in [6, 6.07) is 7.08. The average molecular weight is 271 g/mol. The summed E-state index contributed by atoms with van der Waals surface area (Å²) in [6.07, 6.45) is 0.663. The second-order valence-electron chi connectivity index (χ2n) is 5.37. The molecule has 0 amide bonds. The first-order chi connectivity index (χ1) is 9.56. The van der Waals surface area contributed by atoms with Gasteiger partial charge in [-0.15, -0.1) is 0 Å². The summed E-state index contributed by atoms with van der Waals surface area (Å²) in [4.78, 5) is 14.1. The van der Waals surface area contributed by atoms with Gasteiger partial charge in [-0.3, -0.25) is 4.79 Å². The van der Waals surface area contributed by atoms with Crippen molar-refractivity contribution in [1.29, 1.82) is 0 Å². The van der Waals surface area contributed by atoms with E-state index in [2.05, 4.69) is 5.10 Å². The number of likely N-dealkylation sites (N-methyl/N-ethyl adjacent to an activating group) is 1. The quantitative estimate of drug-likeness (QED) is 0.774. The maximum Gasteiger partial charge on any atom is 0.267 e. The van der Waals surface area contributed by atoms with Crippen molar-refractivity contribution in [3.8, 4) is 17.0 Å². The number of hydrogen-bond acceptors (Lipinski definition) is 4. The lowest BCUT2D eigenvalue weighted by Crippen LogP contribution is -2.28. The van der Waals surface area contributed by atoms with Gasteiger partial charge < -0.3 is 10.0 Å². The molecule has 0 bridgehead atoms. The summed E-state index contributed by atoms with van der Waals surface area (Å²) in [7, 11) is 3.92. The lowest BCUT2D eigenvalue weighted by atomic mass is 10.1. The number of phenolic OH excluding ortho intramolecular Hbond substituents is 1. The average Bonchev–Trinajstić information content (AvgIpc) is 2.74. The van der Waals surface area contributed by atoms with Gasteiger partial charge in [0.15, 0.2) is 0 Å². The number of rotatable bonds is 3. The zero-order valence-corrected chi connectivity index (χ0v) is 11.6. The van der Waals surface area contributed by atoms with Crippen LogP contribution in [0.25, 0.3) is 11.3 Å². The Morgan fingerprint density at radius 2 is 2.15 bits per heavy atom. The fraction of sp³-hybridized carbons (Fsp3) is 0.333. The van der Waals surface area contributed by atoms with Gasteiger partial charge in [0.2, 0.25) is 0 Å². The summed E-state index contributed by atoms with van der Waals surface area (Å²) in [5.41, 5.74) is 3.33. The zero-order valence-electron chi connectivity index (χ0n) is 11.6. The Labute approximate surface area is 117 Å². The second kappa shape index (κ2) is 4.76. The molecule has 0 saturated carbocycles. The number of aromatic nitrogens is 2. The number of benzene rings is 1. The van der Waals surface area contributed by atoms with Gasteiger partial charge in [0, 0.05) is 24.6 Å². The number of nitrogens with zero attached hydrogens (tertiary/aromatic N) is 3. The van der Waals surface area contributed by atoms with E-state index < -0.39 is 0 Å². The Bertz CT molecular complexity index is 720. The molecule has 0 unspecified atom stereocenters. The van der Waals surface area contributed by atoms with E-state index in [-0.39, 0.29) is 11.3 Å². The first-order valence-electron chi connectivity index (χ1n) is 6.63. The molecule has 2 aromatic rings. The van der Waals surface area contributed by atoms with Crippen LogP contribution in [-0.4, -0.2) is 40.4 Å². The van der Waals surface area contributed by atoms with E-state index in [1.165, 1.54) is 4.68 Å². The van der Waals surface area contributed by atoms with E-state index in [0.29, 0.717) is 13.0 Å². The predicted molar refractivity (Wildman–Crippen MR) is 77.0 cm³/mol. The van der Waals surface area contributed by atoms with Gasteiger partial charge in [-0.2, -0.15) is 5.10 Å². The minimum absolute atomic E-state index is 0.0853.